The summed E-state index contributed by atoms with van der Waals surface area (Å²) in [4.78, 5) is 13.9. The molecule has 1 fully saturated rings. The van der Waals surface area contributed by atoms with Crippen LogP contribution in [-0.2, 0) is 4.79 Å². The van der Waals surface area contributed by atoms with Crippen LogP contribution in [0.15, 0.2) is 0 Å². The fourth-order valence-corrected chi connectivity index (χ4v) is 2.64. The Labute approximate surface area is 105 Å². The van der Waals surface area contributed by atoms with Crippen LogP contribution in [0.1, 0.15) is 46.5 Å². The predicted molar refractivity (Wildman–Crippen MR) is 70.8 cm³/mol. The van der Waals surface area contributed by atoms with E-state index < -0.39 is 5.54 Å². The molecule has 4 nitrogen and oxygen atoms in total. The molecule has 0 saturated carbocycles. The van der Waals surface area contributed by atoms with Gasteiger partial charge in [0.2, 0.25) is 5.91 Å². The number of amides is 1. The lowest BCUT2D eigenvalue weighted by Gasteiger charge is -2.40. The lowest BCUT2D eigenvalue weighted by Crippen LogP contribution is -2.54. The normalized spacial score (nSPS) is 29.9. The first-order valence-corrected chi connectivity index (χ1v) is 6.65. The molecule has 1 aliphatic rings. The Bertz CT molecular complexity index is 259. The highest BCUT2D eigenvalue weighted by atomic mass is 16.1. The minimum atomic E-state index is -0.586. The molecule has 0 aromatic rings. The van der Waals surface area contributed by atoms with E-state index in [1.165, 1.54) is 19.3 Å². The van der Waals surface area contributed by atoms with Crippen LogP contribution in [0.5, 0.6) is 0 Å². The molecule has 0 aromatic carbocycles. The van der Waals surface area contributed by atoms with Crippen molar-refractivity contribution >= 4 is 5.91 Å². The van der Waals surface area contributed by atoms with Crippen LogP contribution in [0.2, 0.25) is 0 Å². The second-order valence-corrected chi connectivity index (χ2v) is 5.56. The van der Waals surface area contributed by atoms with E-state index in [4.69, 9.17) is 5.73 Å². The van der Waals surface area contributed by atoms with Gasteiger partial charge in [-0.3, -0.25) is 9.69 Å². The molecule has 4 heteroatoms. The standard InChI is InChI=1S/C13H27N3O/c1-10-6-5-7-11(2)16(10)9-8-13(3,15-4)12(14)17/h10-11,15H,5-9H2,1-4H3,(H2,14,17). The fraction of sp³-hybridized carbons (Fsp3) is 0.923. The smallest absolute Gasteiger partial charge is 0.237 e. The van der Waals surface area contributed by atoms with Crippen molar-refractivity contribution in [2.24, 2.45) is 5.73 Å². The molecule has 3 N–H and O–H groups in total. The number of rotatable bonds is 5. The molecular formula is C13H27N3O. The molecule has 3 atom stereocenters. The van der Waals surface area contributed by atoms with Gasteiger partial charge < -0.3 is 11.1 Å². The van der Waals surface area contributed by atoms with Gasteiger partial charge >= 0.3 is 0 Å². The van der Waals surface area contributed by atoms with Gasteiger partial charge in [-0.25, -0.2) is 0 Å². The highest BCUT2D eigenvalue weighted by Crippen LogP contribution is 2.23. The molecule has 1 aliphatic heterocycles. The van der Waals surface area contributed by atoms with Crippen molar-refractivity contribution in [3.05, 3.63) is 0 Å². The number of nitrogens with one attached hydrogen (secondary N) is 1. The number of primary amides is 1. The molecular weight excluding hydrogens is 214 g/mol. The summed E-state index contributed by atoms with van der Waals surface area (Å²) in [5.41, 5.74) is 4.86. The number of likely N-dealkylation sites (N-methyl/N-ethyl adjacent to an activating group) is 1. The minimum absolute atomic E-state index is 0.266. The SMILES string of the molecule is CNC(C)(CCN1C(C)CCCC1C)C(N)=O. The molecule has 0 bridgehead atoms. The number of nitrogens with two attached hydrogens (primary N) is 1. The highest BCUT2D eigenvalue weighted by molar-refractivity contribution is 5.84. The van der Waals surface area contributed by atoms with E-state index in [0.29, 0.717) is 12.1 Å². The van der Waals surface area contributed by atoms with Crippen LogP contribution in [0, 0.1) is 0 Å². The quantitative estimate of drug-likeness (QED) is 0.758. The third-order valence-electron chi connectivity index (χ3n) is 4.34. The molecule has 1 rings (SSSR count). The zero-order valence-corrected chi connectivity index (χ0v) is 11.6. The maximum absolute atomic E-state index is 11.4. The maximum atomic E-state index is 11.4. The van der Waals surface area contributed by atoms with E-state index in [9.17, 15) is 4.79 Å². The largest absolute Gasteiger partial charge is 0.368 e. The molecule has 100 valence electrons. The molecule has 0 spiro atoms. The van der Waals surface area contributed by atoms with Crippen LogP contribution in [-0.4, -0.2) is 42.0 Å². The van der Waals surface area contributed by atoms with Crippen LogP contribution in [0.4, 0.5) is 0 Å². The predicted octanol–water partition coefficient (Wildman–Crippen LogP) is 1.10. The first-order valence-electron chi connectivity index (χ1n) is 6.65. The molecule has 0 radical (unpaired) electrons. The van der Waals surface area contributed by atoms with Crippen LogP contribution < -0.4 is 11.1 Å². The van der Waals surface area contributed by atoms with Crippen molar-refractivity contribution in [1.29, 1.82) is 0 Å². The van der Waals surface area contributed by atoms with E-state index in [1.807, 2.05) is 6.92 Å². The second kappa shape index (κ2) is 5.83. The summed E-state index contributed by atoms with van der Waals surface area (Å²) < 4.78 is 0. The van der Waals surface area contributed by atoms with Gasteiger partial charge in [-0.05, 0) is 47.1 Å². The summed E-state index contributed by atoms with van der Waals surface area (Å²) in [7, 11) is 1.80. The second-order valence-electron chi connectivity index (χ2n) is 5.56. The highest BCUT2D eigenvalue weighted by Gasteiger charge is 2.32. The van der Waals surface area contributed by atoms with Crippen molar-refractivity contribution in [1.82, 2.24) is 10.2 Å². The number of piperidine rings is 1. The zero-order valence-electron chi connectivity index (χ0n) is 11.6. The zero-order chi connectivity index (χ0) is 13.1. The van der Waals surface area contributed by atoms with Crippen molar-refractivity contribution in [2.45, 2.75) is 64.1 Å². The summed E-state index contributed by atoms with van der Waals surface area (Å²) in [5.74, 6) is -0.266. The first kappa shape index (κ1) is 14.5. The number of carbonyl (C=O) groups is 1. The summed E-state index contributed by atoms with van der Waals surface area (Å²) in [5, 5.41) is 3.05. The Balaban J connectivity index is 2.56. The molecule has 0 aromatic heterocycles. The first-order chi connectivity index (χ1) is 7.90. The summed E-state index contributed by atoms with van der Waals surface area (Å²) in [6.45, 7) is 7.37. The Morgan fingerprint density at radius 3 is 2.35 bits per heavy atom. The van der Waals surface area contributed by atoms with Crippen molar-refractivity contribution < 1.29 is 4.79 Å². The molecule has 1 heterocycles. The molecule has 17 heavy (non-hydrogen) atoms. The van der Waals surface area contributed by atoms with E-state index >= 15 is 0 Å². The van der Waals surface area contributed by atoms with Crippen molar-refractivity contribution in [3.8, 4) is 0 Å². The fourth-order valence-electron chi connectivity index (χ4n) is 2.64. The average molecular weight is 241 g/mol. The van der Waals surface area contributed by atoms with Gasteiger partial charge in [0, 0.05) is 18.6 Å². The number of likely N-dealkylation sites (tertiary alicyclic amines) is 1. The lowest BCUT2D eigenvalue weighted by atomic mass is 9.93. The summed E-state index contributed by atoms with van der Waals surface area (Å²) in [6, 6.07) is 1.24. The van der Waals surface area contributed by atoms with E-state index in [0.717, 1.165) is 13.0 Å². The van der Waals surface area contributed by atoms with E-state index in [-0.39, 0.29) is 5.91 Å². The molecule has 3 unspecified atom stereocenters. The van der Waals surface area contributed by atoms with Crippen molar-refractivity contribution in [3.63, 3.8) is 0 Å². The van der Waals surface area contributed by atoms with Gasteiger partial charge in [0.05, 0.1) is 5.54 Å². The number of hydrogen-bond acceptors (Lipinski definition) is 3. The third-order valence-corrected chi connectivity index (χ3v) is 4.34. The van der Waals surface area contributed by atoms with Crippen LogP contribution >= 0.6 is 0 Å². The number of hydrogen-bond donors (Lipinski definition) is 2. The van der Waals surface area contributed by atoms with Gasteiger partial charge in [-0.15, -0.1) is 0 Å². The van der Waals surface area contributed by atoms with E-state index in [2.05, 4.69) is 24.1 Å². The van der Waals surface area contributed by atoms with Gasteiger partial charge in [0.25, 0.3) is 0 Å². The third kappa shape index (κ3) is 3.42. The molecule has 0 aliphatic carbocycles. The average Bonchev–Trinajstić information content (AvgIpc) is 2.27. The number of nitrogens with zero attached hydrogens (tertiary/aromatic N) is 1. The molecule has 1 saturated heterocycles. The summed E-state index contributed by atoms with van der Waals surface area (Å²) in [6.07, 6.45) is 4.61. The van der Waals surface area contributed by atoms with Gasteiger partial charge in [0.1, 0.15) is 0 Å². The lowest BCUT2D eigenvalue weighted by molar-refractivity contribution is -0.124. The topological polar surface area (TPSA) is 58.4 Å². The van der Waals surface area contributed by atoms with Gasteiger partial charge in [-0.2, -0.15) is 0 Å². The van der Waals surface area contributed by atoms with Crippen molar-refractivity contribution in [2.75, 3.05) is 13.6 Å². The minimum Gasteiger partial charge on any atom is -0.368 e. The summed E-state index contributed by atoms with van der Waals surface area (Å²) >= 11 is 0. The monoisotopic (exact) mass is 241 g/mol. The molecule has 1 amide bonds. The Morgan fingerprint density at radius 2 is 1.94 bits per heavy atom. The number of carbonyl (C=O) groups excluding carboxylic acids is 1. The van der Waals surface area contributed by atoms with Gasteiger partial charge in [-0.1, -0.05) is 6.42 Å². The Kier molecular flexibility index (Phi) is 4.95. The van der Waals surface area contributed by atoms with Crippen LogP contribution in [0.3, 0.4) is 0 Å². The van der Waals surface area contributed by atoms with E-state index in [1.54, 1.807) is 7.05 Å². The van der Waals surface area contributed by atoms with Crippen LogP contribution in [0.25, 0.3) is 0 Å². The Hall–Kier alpha value is -0.610. The maximum Gasteiger partial charge on any atom is 0.237 e. The van der Waals surface area contributed by atoms with Gasteiger partial charge in [0.15, 0.2) is 0 Å². The Morgan fingerprint density at radius 1 is 1.41 bits per heavy atom.